The summed E-state index contributed by atoms with van der Waals surface area (Å²) in [5.74, 6) is -2.25. The van der Waals surface area contributed by atoms with Gasteiger partial charge in [0.05, 0.1) is 29.7 Å². The number of amides is 1. The number of hydrogen-bond donors (Lipinski definition) is 3. The van der Waals surface area contributed by atoms with E-state index in [0.29, 0.717) is 41.8 Å². The Kier molecular flexibility index (Phi) is 9.80. The number of aromatic nitrogens is 2. The number of piperazine rings is 1. The lowest BCUT2D eigenvalue weighted by atomic mass is 10.1. The van der Waals surface area contributed by atoms with E-state index in [4.69, 9.17) is 9.47 Å². The zero-order chi connectivity index (χ0) is 31.4. The number of halogens is 2. The number of carbonyl (C=O) groups excluding carboxylic acids is 1. The molecule has 0 radical (unpaired) electrons. The molecule has 2 aliphatic heterocycles. The minimum absolute atomic E-state index is 0.0747. The maximum atomic E-state index is 13.8. The predicted molar refractivity (Wildman–Crippen MR) is 162 cm³/mol. The molecule has 5 rings (SSSR count). The molecule has 0 bridgehead atoms. The van der Waals surface area contributed by atoms with Gasteiger partial charge in [0.1, 0.15) is 11.6 Å². The zero-order valence-corrected chi connectivity index (χ0v) is 25.7. The number of anilines is 3. The van der Waals surface area contributed by atoms with E-state index >= 15 is 0 Å². The molecule has 1 amide bonds. The number of fused-ring (bicyclic) bond motifs is 1. The Hall–Kier alpha value is -3.63. The molecule has 12 nitrogen and oxygen atoms in total. The molecule has 0 aliphatic carbocycles. The van der Waals surface area contributed by atoms with Gasteiger partial charge >= 0.3 is 0 Å². The lowest BCUT2D eigenvalue weighted by molar-refractivity contribution is 0.102. The molecule has 0 spiro atoms. The zero-order valence-electron chi connectivity index (χ0n) is 24.9. The SMILES string of the molecule is COCC(COC)Nc1cc(N2CCN(C)CC2)ccc1C(=O)Nc1n[nH]c2c1CN(S(=O)(=O)c1cc(F)cc(F)c1)CC2. The van der Waals surface area contributed by atoms with Crippen molar-refractivity contribution in [3.63, 3.8) is 0 Å². The van der Waals surface area contributed by atoms with Gasteiger partial charge in [-0.25, -0.2) is 17.2 Å². The van der Waals surface area contributed by atoms with E-state index in [-0.39, 0.29) is 31.4 Å². The van der Waals surface area contributed by atoms with Crippen molar-refractivity contribution in [1.82, 2.24) is 19.4 Å². The summed E-state index contributed by atoms with van der Waals surface area (Å²) in [4.78, 5) is 17.8. The largest absolute Gasteiger partial charge is 0.382 e. The van der Waals surface area contributed by atoms with Crippen LogP contribution in [-0.4, -0.2) is 107 Å². The van der Waals surface area contributed by atoms with Crippen LogP contribution in [0.15, 0.2) is 41.3 Å². The van der Waals surface area contributed by atoms with Gasteiger partial charge in [0, 0.05) is 88.6 Å². The quantitative estimate of drug-likeness (QED) is 0.292. The molecule has 1 saturated heterocycles. The molecule has 44 heavy (non-hydrogen) atoms. The van der Waals surface area contributed by atoms with Crippen LogP contribution in [0.2, 0.25) is 0 Å². The lowest BCUT2D eigenvalue weighted by Crippen LogP contribution is -2.44. The number of nitrogens with zero attached hydrogens (tertiary/aromatic N) is 4. The fraction of sp³-hybridized carbons (Fsp3) is 0.448. The second-order valence-corrected chi connectivity index (χ2v) is 12.9. The summed E-state index contributed by atoms with van der Waals surface area (Å²) in [6.45, 7) is 4.17. The molecule has 3 aromatic rings. The van der Waals surface area contributed by atoms with Crippen molar-refractivity contribution in [2.45, 2.75) is 23.9 Å². The van der Waals surface area contributed by atoms with Gasteiger partial charge in [-0.2, -0.15) is 9.40 Å². The molecule has 15 heteroatoms. The molecule has 0 atom stereocenters. The number of sulfonamides is 1. The minimum atomic E-state index is -4.22. The Bertz CT molecular complexity index is 1570. The van der Waals surface area contributed by atoms with E-state index < -0.39 is 32.5 Å². The van der Waals surface area contributed by atoms with Gasteiger partial charge in [-0.15, -0.1) is 0 Å². The summed E-state index contributed by atoms with van der Waals surface area (Å²) in [7, 11) is 1.05. The van der Waals surface area contributed by atoms with E-state index in [0.717, 1.165) is 48.3 Å². The van der Waals surface area contributed by atoms with Crippen molar-refractivity contribution in [2.24, 2.45) is 0 Å². The van der Waals surface area contributed by atoms with Crippen molar-refractivity contribution in [1.29, 1.82) is 0 Å². The summed E-state index contributed by atoms with van der Waals surface area (Å²) < 4.78 is 66.0. The van der Waals surface area contributed by atoms with Crippen molar-refractivity contribution in [2.75, 3.05) is 82.7 Å². The first-order chi connectivity index (χ1) is 21.1. The molecule has 238 valence electrons. The number of hydrogen-bond acceptors (Lipinski definition) is 9. The fourth-order valence-corrected chi connectivity index (χ4v) is 6.90. The van der Waals surface area contributed by atoms with E-state index in [9.17, 15) is 22.0 Å². The van der Waals surface area contributed by atoms with Gasteiger partial charge < -0.3 is 29.9 Å². The molecule has 0 saturated carbocycles. The van der Waals surface area contributed by atoms with Crippen LogP contribution in [0.5, 0.6) is 0 Å². The Morgan fingerprint density at radius 2 is 1.70 bits per heavy atom. The van der Waals surface area contributed by atoms with Crippen LogP contribution in [0.25, 0.3) is 0 Å². The highest BCUT2D eigenvalue weighted by molar-refractivity contribution is 7.89. The third-order valence-electron chi connectivity index (χ3n) is 7.82. The number of benzene rings is 2. The van der Waals surface area contributed by atoms with Crippen LogP contribution in [0, 0.1) is 11.6 Å². The van der Waals surface area contributed by atoms with Gasteiger partial charge in [0.15, 0.2) is 5.82 Å². The second kappa shape index (κ2) is 13.6. The van der Waals surface area contributed by atoms with Gasteiger partial charge in [0.25, 0.3) is 5.91 Å². The van der Waals surface area contributed by atoms with Crippen molar-refractivity contribution in [3.8, 4) is 0 Å². The molecular formula is C29H37F2N7O5S. The number of rotatable bonds is 11. The highest BCUT2D eigenvalue weighted by atomic mass is 32.2. The van der Waals surface area contributed by atoms with E-state index in [1.807, 2.05) is 12.1 Å². The number of methoxy groups -OCH3 is 2. The summed E-state index contributed by atoms with van der Waals surface area (Å²) in [5, 5.41) is 13.4. The Morgan fingerprint density at radius 1 is 1.02 bits per heavy atom. The number of carbonyl (C=O) groups is 1. The number of ether oxygens (including phenoxy) is 2. The maximum absolute atomic E-state index is 13.8. The second-order valence-electron chi connectivity index (χ2n) is 10.9. The van der Waals surface area contributed by atoms with E-state index in [2.05, 4.69) is 37.7 Å². The number of aromatic amines is 1. The van der Waals surface area contributed by atoms with Crippen LogP contribution in [0.4, 0.5) is 26.0 Å². The summed E-state index contributed by atoms with van der Waals surface area (Å²) >= 11 is 0. The summed E-state index contributed by atoms with van der Waals surface area (Å²) in [5.41, 5.74) is 3.05. The minimum Gasteiger partial charge on any atom is -0.382 e. The lowest BCUT2D eigenvalue weighted by Gasteiger charge is -2.34. The number of likely N-dealkylation sites (N-methyl/N-ethyl adjacent to an activating group) is 1. The summed E-state index contributed by atoms with van der Waals surface area (Å²) in [6.07, 6.45) is 0.275. The topological polar surface area (TPSA) is 132 Å². The molecular weight excluding hydrogens is 596 g/mol. The molecule has 2 aliphatic rings. The molecule has 2 aromatic carbocycles. The molecule has 3 heterocycles. The normalized spacial score (nSPS) is 16.3. The Labute approximate surface area is 255 Å². The Morgan fingerprint density at radius 3 is 2.36 bits per heavy atom. The molecule has 0 unspecified atom stereocenters. The first-order valence-corrected chi connectivity index (χ1v) is 15.7. The van der Waals surface area contributed by atoms with E-state index in [1.165, 1.54) is 0 Å². The highest BCUT2D eigenvalue weighted by Gasteiger charge is 2.32. The third-order valence-corrected chi connectivity index (χ3v) is 9.64. The summed E-state index contributed by atoms with van der Waals surface area (Å²) in [6, 6.07) is 7.54. The Balaban J connectivity index is 1.40. The van der Waals surface area contributed by atoms with Crippen molar-refractivity contribution in [3.05, 3.63) is 64.9 Å². The molecule has 3 N–H and O–H groups in total. The van der Waals surface area contributed by atoms with Crippen LogP contribution in [0.3, 0.4) is 0 Å². The monoisotopic (exact) mass is 633 g/mol. The first kappa shape index (κ1) is 31.8. The first-order valence-electron chi connectivity index (χ1n) is 14.2. The smallest absolute Gasteiger partial charge is 0.258 e. The van der Waals surface area contributed by atoms with Crippen LogP contribution in [0.1, 0.15) is 21.6 Å². The predicted octanol–water partition coefficient (Wildman–Crippen LogP) is 2.51. The van der Waals surface area contributed by atoms with Gasteiger partial charge in [0.2, 0.25) is 10.0 Å². The van der Waals surface area contributed by atoms with Crippen LogP contribution >= 0.6 is 0 Å². The molecule has 1 aromatic heterocycles. The molecule has 1 fully saturated rings. The standard InChI is InChI=1S/C29H37F2N7O5S/c1-36-8-10-37(11-9-36)22-4-5-24(27(15-22)32-21(17-42-2)18-43-3)29(39)33-28-25-16-38(7-6-26(25)34-35-28)44(40,41)23-13-19(30)12-20(31)14-23/h4-5,12-15,21,32H,6-11,16-18H2,1-3H3,(H2,33,34,35,39). The van der Waals surface area contributed by atoms with Gasteiger partial charge in [-0.05, 0) is 37.4 Å². The van der Waals surface area contributed by atoms with Gasteiger partial charge in [-0.1, -0.05) is 0 Å². The fourth-order valence-electron chi connectivity index (χ4n) is 5.44. The number of H-pyrrole nitrogens is 1. The highest BCUT2D eigenvalue weighted by Crippen LogP contribution is 2.31. The van der Waals surface area contributed by atoms with Crippen molar-refractivity contribution < 1.29 is 31.5 Å². The van der Waals surface area contributed by atoms with Gasteiger partial charge in [-0.3, -0.25) is 9.89 Å². The maximum Gasteiger partial charge on any atom is 0.258 e. The average molecular weight is 634 g/mol. The van der Waals surface area contributed by atoms with Crippen LogP contribution in [-0.2, 0) is 32.5 Å². The number of nitrogens with one attached hydrogen (secondary N) is 3. The average Bonchev–Trinajstić information content (AvgIpc) is 3.39. The van der Waals surface area contributed by atoms with Crippen molar-refractivity contribution >= 4 is 33.1 Å². The van der Waals surface area contributed by atoms with E-state index in [1.54, 1.807) is 20.3 Å². The van der Waals surface area contributed by atoms with Crippen LogP contribution < -0.4 is 15.5 Å². The third kappa shape index (κ3) is 7.02.